The van der Waals surface area contributed by atoms with E-state index in [4.69, 9.17) is 6.42 Å². The Morgan fingerprint density at radius 2 is 2.44 bits per heavy atom. The maximum Gasteiger partial charge on any atom is 0.269 e. The van der Waals surface area contributed by atoms with Gasteiger partial charge in [0.25, 0.3) is 5.91 Å². The zero-order chi connectivity index (χ0) is 11.8. The number of amides is 1. The molecule has 1 amide bonds. The van der Waals surface area contributed by atoms with Crippen molar-refractivity contribution >= 4 is 33.6 Å². The highest BCUT2D eigenvalue weighted by molar-refractivity contribution is 9.10. The standard InChI is InChI=1S/C11H11BrN2OS/c1-2-7-16-8-6-13-11(15)9-4-3-5-10(12)14-9/h1,3-5H,6-8H2,(H,13,15). The Labute approximate surface area is 108 Å². The summed E-state index contributed by atoms with van der Waals surface area (Å²) in [5.74, 6) is 3.84. The van der Waals surface area contributed by atoms with Crippen LogP contribution in [0.4, 0.5) is 0 Å². The van der Waals surface area contributed by atoms with Crippen LogP contribution in [-0.2, 0) is 0 Å². The van der Waals surface area contributed by atoms with E-state index < -0.39 is 0 Å². The minimum Gasteiger partial charge on any atom is -0.350 e. The van der Waals surface area contributed by atoms with Gasteiger partial charge in [-0.05, 0) is 28.1 Å². The van der Waals surface area contributed by atoms with E-state index in [1.807, 2.05) is 0 Å². The molecule has 3 nitrogen and oxygen atoms in total. The second-order valence-electron chi connectivity index (χ2n) is 2.86. The summed E-state index contributed by atoms with van der Waals surface area (Å²) in [6.45, 7) is 0.597. The number of halogens is 1. The molecule has 16 heavy (non-hydrogen) atoms. The molecule has 0 aliphatic carbocycles. The van der Waals surface area contributed by atoms with Crippen molar-refractivity contribution in [2.45, 2.75) is 0 Å². The predicted molar refractivity (Wildman–Crippen MR) is 70.4 cm³/mol. The highest BCUT2D eigenvalue weighted by Crippen LogP contribution is 2.06. The van der Waals surface area contributed by atoms with Gasteiger partial charge < -0.3 is 5.32 Å². The van der Waals surface area contributed by atoms with E-state index in [1.165, 1.54) is 0 Å². The summed E-state index contributed by atoms with van der Waals surface area (Å²) in [7, 11) is 0. The Bertz CT molecular complexity index is 403. The molecule has 0 aromatic carbocycles. The van der Waals surface area contributed by atoms with Crippen LogP contribution < -0.4 is 5.32 Å². The van der Waals surface area contributed by atoms with E-state index in [0.29, 0.717) is 22.6 Å². The number of hydrogen-bond acceptors (Lipinski definition) is 3. The van der Waals surface area contributed by atoms with E-state index in [2.05, 4.69) is 32.2 Å². The molecule has 0 aliphatic rings. The number of rotatable bonds is 5. The predicted octanol–water partition coefficient (Wildman–Crippen LogP) is 1.94. The molecule has 1 aromatic heterocycles. The zero-order valence-corrected chi connectivity index (χ0v) is 11.0. The number of aromatic nitrogens is 1. The Balaban J connectivity index is 2.33. The van der Waals surface area contributed by atoms with Crippen molar-refractivity contribution in [3.63, 3.8) is 0 Å². The van der Waals surface area contributed by atoms with Crippen LogP contribution in [0.1, 0.15) is 10.5 Å². The van der Waals surface area contributed by atoms with E-state index in [-0.39, 0.29) is 5.91 Å². The Hall–Kier alpha value is -0.990. The van der Waals surface area contributed by atoms with Crippen LogP contribution in [0.2, 0.25) is 0 Å². The van der Waals surface area contributed by atoms with Gasteiger partial charge in [-0.2, -0.15) is 0 Å². The van der Waals surface area contributed by atoms with Gasteiger partial charge in [0.2, 0.25) is 0 Å². The van der Waals surface area contributed by atoms with Crippen molar-refractivity contribution in [2.75, 3.05) is 18.1 Å². The van der Waals surface area contributed by atoms with Crippen molar-refractivity contribution in [1.29, 1.82) is 0 Å². The van der Waals surface area contributed by atoms with Gasteiger partial charge in [0.15, 0.2) is 0 Å². The lowest BCUT2D eigenvalue weighted by molar-refractivity contribution is 0.0951. The van der Waals surface area contributed by atoms with Crippen LogP contribution in [0.15, 0.2) is 22.8 Å². The average Bonchev–Trinajstić information content (AvgIpc) is 2.28. The Kier molecular flexibility index (Phi) is 5.98. The van der Waals surface area contributed by atoms with E-state index in [1.54, 1.807) is 30.0 Å². The van der Waals surface area contributed by atoms with Gasteiger partial charge in [-0.1, -0.05) is 12.0 Å². The number of thioether (sulfide) groups is 1. The normalized spacial score (nSPS) is 9.50. The number of pyridine rings is 1. The number of carbonyl (C=O) groups excluding carboxylic acids is 1. The molecule has 0 saturated carbocycles. The molecule has 0 saturated heterocycles. The molecular formula is C11H11BrN2OS. The molecule has 0 fully saturated rings. The molecule has 0 bridgehead atoms. The third-order valence-corrected chi connectivity index (χ3v) is 2.97. The van der Waals surface area contributed by atoms with Crippen LogP contribution in [0.5, 0.6) is 0 Å². The van der Waals surface area contributed by atoms with Gasteiger partial charge in [-0.25, -0.2) is 4.98 Å². The zero-order valence-electron chi connectivity index (χ0n) is 8.57. The summed E-state index contributed by atoms with van der Waals surface area (Å²) >= 11 is 4.83. The summed E-state index contributed by atoms with van der Waals surface area (Å²) in [5.41, 5.74) is 0.413. The number of terminal acetylenes is 1. The van der Waals surface area contributed by atoms with Gasteiger partial charge in [-0.15, -0.1) is 18.2 Å². The van der Waals surface area contributed by atoms with E-state index >= 15 is 0 Å². The third-order valence-electron chi connectivity index (χ3n) is 1.67. The van der Waals surface area contributed by atoms with Crippen LogP contribution in [0, 0.1) is 12.3 Å². The Morgan fingerprint density at radius 3 is 3.12 bits per heavy atom. The third kappa shape index (κ3) is 4.69. The van der Waals surface area contributed by atoms with Crippen molar-refractivity contribution in [3.05, 3.63) is 28.5 Å². The molecule has 0 radical (unpaired) electrons. The fraction of sp³-hybridized carbons (Fsp3) is 0.273. The first-order valence-electron chi connectivity index (χ1n) is 4.66. The van der Waals surface area contributed by atoms with Gasteiger partial charge in [0, 0.05) is 12.3 Å². The number of carbonyl (C=O) groups is 1. The smallest absolute Gasteiger partial charge is 0.269 e. The summed E-state index contributed by atoms with van der Waals surface area (Å²) in [6, 6.07) is 5.23. The maximum absolute atomic E-state index is 11.6. The molecule has 84 valence electrons. The Morgan fingerprint density at radius 1 is 1.62 bits per heavy atom. The molecule has 1 rings (SSSR count). The molecule has 1 N–H and O–H groups in total. The largest absolute Gasteiger partial charge is 0.350 e. The second-order valence-corrected chi connectivity index (χ2v) is 4.78. The van der Waals surface area contributed by atoms with E-state index in [9.17, 15) is 4.79 Å². The topological polar surface area (TPSA) is 42.0 Å². The first-order valence-corrected chi connectivity index (χ1v) is 6.61. The lowest BCUT2D eigenvalue weighted by Crippen LogP contribution is -2.26. The van der Waals surface area contributed by atoms with Crippen molar-refractivity contribution in [2.24, 2.45) is 0 Å². The summed E-state index contributed by atoms with van der Waals surface area (Å²) in [6.07, 6.45) is 5.10. The minimum absolute atomic E-state index is 0.164. The fourth-order valence-corrected chi connectivity index (χ4v) is 1.85. The average molecular weight is 299 g/mol. The number of hydrogen-bond donors (Lipinski definition) is 1. The molecule has 1 aromatic rings. The molecule has 0 aliphatic heterocycles. The lowest BCUT2D eigenvalue weighted by atomic mass is 10.3. The monoisotopic (exact) mass is 298 g/mol. The minimum atomic E-state index is -0.164. The van der Waals surface area contributed by atoms with Crippen LogP contribution in [0.3, 0.4) is 0 Å². The van der Waals surface area contributed by atoms with Gasteiger partial charge in [-0.3, -0.25) is 4.79 Å². The van der Waals surface area contributed by atoms with E-state index in [0.717, 1.165) is 5.75 Å². The second kappa shape index (κ2) is 7.31. The number of nitrogens with zero attached hydrogens (tertiary/aromatic N) is 1. The molecule has 1 heterocycles. The molecular weight excluding hydrogens is 288 g/mol. The molecule has 5 heteroatoms. The summed E-state index contributed by atoms with van der Waals surface area (Å²) in [4.78, 5) is 15.6. The van der Waals surface area contributed by atoms with Crippen LogP contribution >= 0.6 is 27.7 Å². The summed E-state index contributed by atoms with van der Waals surface area (Å²) in [5, 5.41) is 2.77. The SMILES string of the molecule is C#CCSCCNC(=O)c1cccc(Br)n1. The van der Waals surface area contributed by atoms with Crippen molar-refractivity contribution in [1.82, 2.24) is 10.3 Å². The highest BCUT2D eigenvalue weighted by atomic mass is 79.9. The first kappa shape index (κ1) is 13.1. The highest BCUT2D eigenvalue weighted by Gasteiger charge is 2.05. The lowest BCUT2D eigenvalue weighted by Gasteiger charge is -2.03. The van der Waals surface area contributed by atoms with Crippen molar-refractivity contribution < 1.29 is 4.79 Å². The molecule has 0 atom stereocenters. The summed E-state index contributed by atoms with van der Waals surface area (Å²) < 4.78 is 0.654. The van der Waals surface area contributed by atoms with Crippen molar-refractivity contribution in [3.8, 4) is 12.3 Å². The number of nitrogens with one attached hydrogen (secondary N) is 1. The maximum atomic E-state index is 11.6. The first-order chi connectivity index (χ1) is 7.74. The van der Waals surface area contributed by atoms with Gasteiger partial charge in [0.1, 0.15) is 10.3 Å². The quantitative estimate of drug-likeness (QED) is 0.513. The fourth-order valence-electron chi connectivity index (χ4n) is 0.993. The molecule has 0 unspecified atom stereocenters. The van der Waals surface area contributed by atoms with Gasteiger partial charge >= 0.3 is 0 Å². The molecule has 0 spiro atoms. The van der Waals surface area contributed by atoms with Gasteiger partial charge in [0.05, 0.1) is 5.75 Å². The van der Waals surface area contributed by atoms with Crippen LogP contribution in [-0.4, -0.2) is 28.9 Å². The van der Waals surface area contributed by atoms with Crippen LogP contribution in [0.25, 0.3) is 0 Å².